The van der Waals surface area contributed by atoms with Crippen molar-refractivity contribution in [3.63, 3.8) is 0 Å². The predicted molar refractivity (Wildman–Crippen MR) is 76.1 cm³/mol. The number of aliphatic hydroxyl groups is 1. The van der Waals surface area contributed by atoms with Gasteiger partial charge in [0, 0.05) is 23.8 Å². The van der Waals surface area contributed by atoms with Gasteiger partial charge in [-0.05, 0) is 30.7 Å². The molecule has 0 saturated heterocycles. The average Bonchev–Trinajstić information content (AvgIpc) is 2.31. The lowest BCUT2D eigenvalue weighted by atomic mass is 10.2. The Morgan fingerprint density at radius 2 is 2.11 bits per heavy atom. The first kappa shape index (κ1) is 15.4. The highest BCUT2D eigenvalue weighted by Gasteiger charge is 2.04. The fourth-order valence-electron chi connectivity index (χ4n) is 1.49. The molecular weight excluding hydrogens is 298 g/mol. The molecule has 0 amide bonds. The summed E-state index contributed by atoms with van der Waals surface area (Å²) >= 11 is 3.44. The van der Waals surface area contributed by atoms with Crippen LogP contribution in [0.5, 0.6) is 0 Å². The van der Waals surface area contributed by atoms with Gasteiger partial charge < -0.3 is 19.9 Å². The molecular formula is C13H20BrNO3. The number of halogens is 1. The van der Waals surface area contributed by atoms with Crippen LogP contribution in [0, 0.1) is 6.92 Å². The van der Waals surface area contributed by atoms with Crippen molar-refractivity contribution in [3.05, 3.63) is 28.2 Å². The molecule has 0 spiro atoms. The van der Waals surface area contributed by atoms with Crippen molar-refractivity contribution in [3.8, 4) is 0 Å². The summed E-state index contributed by atoms with van der Waals surface area (Å²) in [5, 5.41) is 12.9. The van der Waals surface area contributed by atoms with Crippen molar-refractivity contribution in [2.24, 2.45) is 0 Å². The maximum Gasteiger partial charge on any atom is 0.0945 e. The highest BCUT2D eigenvalue weighted by Crippen LogP contribution is 2.18. The summed E-state index contributed by atoms with van der Waals surface area (Å²) in [6.45, 7) is 3.85. The lowest BCUT2D eigenvalue weighted by molar-refractivity contribution is 0.0182. The lowest BCUT2D eigenvalue weighted by Crippen LogP contribution is -2.25. The minimum Gasteiger partial charge on any atom is -0.389 e. The van der Waals surface area contributed by atoms with Gasteiger partial charge in [0.15, 0.2) is 0 Å². The SMILES string of the molecule is COCCOCC(O)CNc1cc(C)cc(Br)c1. The smallest absolute Gasteiger partial charge is 0.0945 e. The maximum atomic E-state index is 9.71. The molecule has 0 radical (unpaired) electrons. The number of benzene rings is 1. The molecule has 2 N–H and O–H groups in total. The number of ether oxygens (including phenoxy) is 2. The fraction of sp³-hybridized carbons (Fsp3) is 0.538. The van der Waals surface area contributed by atoms with Crippen LogP contribution in [-0.4, -0.2) is 44.7 Å². The molecule has 4 nitrogen and oxygen atoms in total. The lowest BCUT2D eigenvalue weighted by Gasteiger charge is -2.13. The Hall–Kier alpha value is -0.620. The largest absolute Gasteiger partial charge is 0.389 e. The van der Waals surface area contributed by atoms with E-state index in [1.54, 1.807) is 7.11 Å². The normalized spacial score (nSPS) is 12.4. The van der Waals surface area contributed by atoms with Crippen LogP contribution in [0.1, 0.15) is 5.56 Å². The molecule has 0 aliphatic carbocycles. The van der Waals surface area contributed by atoms with E-state index in [1.807, 2.05) is 25.1 Å². The molecule has 0 bridgehead atoms. The number of methoxy groups -OCH3 is 1. The molecule has 1 rings (SSSR count). The van der Waals surface area contributed by atoms with Gasteiger partial charge in [-0.25, -0.2) is 0 Å². The van der Waals surface area contributed by atoms with Crippen molar-refractivity contribution in [1.29, 1.82) is 0 Å². The molecule has 0 saturated carbocycles. The second kappa shape index (κ2) is 8.48. The second-order valence-electron chi connectivity index (χ2n) is 4.12. The Morgan fingerprint density at radius 1 is 1.33 bits per heavy atom. The zero-order valence-electron chi connectivity index (χ0n) is 10.8. The quantitative estimate of drug-likeness (QED) is 0.722. The van der Waals surface area contributed by atoms with Gasteiger partial charge in [-0.15, -0.1) is 0 Å². The van der Waals surface area contributed by atoms with Crippen LogP contribution in [0.15, 0.2) is 22.7 Å². The molecule has 1 aromatic rings. The molecule has 0 aromatic heterocycles. The summed E-state index contributed by atoms with van der Waals surface area (Å²) in [6.07, 6.45) is -0.527. The summed E-state index contributed by atoms with van der Waals surface area (Å²) in [6, 6.07) is 6.05. The number of hydrogen-bond donors (Lipinski definition) is 2. The summed E-state index contributed by atoms with van der Waals surface area (Å²) in [7, 11) is 1.62. The fourth-order valence-corrected chi connectivity index (χ4v) is 2.10. The van der Waals surface area contributed by atoms with Gasteiger partial charge in [0.05, 0.1) is 25.9 Å². The number of hydrogen-bond acceptors (Lipinski definition) is 4. The molecule has 0 fully saturated rings. The molecule has 102 valence electrons. The van der Waals surface area contributed by atoms with Crippen molar-refractivity contribution in [2.45, 2.75) is 13.0 Å². The first-order chi connectivity index (χ1) is 8.61. The number of rotatable bonds is 8. The highest BCUT2D eigenvalue weighted by molar-refractivity contribution is 9.10. The van der Waals surface area contributed by atoms with E-state index in [1.165, 1.54) is 0 Å². The molecule has 1 unspecified atom stereocenters. The van der Waals surface area contributed by atoms with Crippen LogP contribution >= 0.6 is 15.9 Å². The zero-order chi connectivity index (χ0) is 13.4. The summed E-state index contributed by atoms with van der Waals surface area (Å²) < 4.78 is 11.1. The van der Waals surface area contributed by atoms with Crippen LogP contribution in [-0.2, 0) is 9.47 Å². The summed E-state index contributed by atoms with van der Waals surface area (Å²) in [5.74, 6) is 0. The standard InChI is InChI=1S/C13H20BrNO3/c1-10-5-11(14)7-12(6-10)15-8-13(16)9-18-4-3-17-2/h5-7,13,15-16H,3-4,8-9H2,1-2H3. The van der Waals surface area contributed by atoms with E-state index in [2.05, 4.69) is 21.2 Å². The minimum absolute atomic E-state index is 0.309. The molecule has 0 aliphatic heterocycles. The molecule has 18 heavy (non-hydrogen) atoms. The van der Waals surface area contributed by atoms with Crippen molar-refractivity contribution >= 4 is 21.6 Å². The Bertz CT molecular complexity index is 340. The van der Waals surface area contributed by atoms with E-state index in [-0.39, 0.29) is 0 Å². The second-order valence-corrected chi connectivity index (χ2v) is 5.04. The van der Waals surface area contributed by atoms with Gasteiger partial charge in [0.25, 0.3) is 0 Å². The van der Waals surface area contributed by atoms with E-state index >= 15 is 0 Å². The molecule has 0 heterocycles. The van der Waals surface area contributed by atoms with E-state index in [4.69, 9.17) is 9.47 Å². The van der Waals surface area contributed by atoms with Gasteiger partial charge in [-0.3, -0.25) is 0 Å². The van der Waals surface area contributed by atoms with Crippen LogP contribution in [0.3, 0.4) is 0 Å². The molecule has 1 aromatic carbocycles. The minimum atomic E-state index is -0.527. The third kappa shape index (κ3) is 6.35. The highest BCUT2D eigenvalue weighted by atomic mass is 79.9. The Kier molecular flexibility index (Phi) is 7.27. The van der Waals surface area contributed by atoms with Gasteiger partial charge in [0.1, 0.15) is 0 Å². The summed E-state index contributed by atoms with van der Waals surface area (Å²) in [5.41, 5.74) is 2.15. The first-order valence-electron chi connectivity index (χ1n) is 5.87. The third-order valence-electron chi connectivity index (χ3n) is 2.33. The molecule has 5 heteroatoms. The molecule has 1 atom stereocenters. The monoisotopic (exact) mass is 317 g/mol. The number of aryl methyl sites for hydroxylation is 1. The van der Waals surface area contributed by atoms with Crippen LogP contribution in [0.25, 0.3) is 0 Å². The van der Waals surface area contributed by atoms with Crippen LogP contribution in [0.4, 0.5) is 5.69 Å². The van der Waals surface area contributed by atoms with E-state index in [0.717, 1.165) is 15.7 Å². The van der Waals surface area contributed by atoms with Gasteiger partial charge in [0.2, 0.25) is 0 Å². The van der Waals surface area contributed by atoms with E-state index in [0.29, 0.717) is 26.4 Å². The maximum absolute atomic E-state index is 9.71. The summed E-state index contributed by atoms with van der Waals surface area (Å²) in [4.78, 5) is 0. The van der Waals surface area contributed by atoms with Gasteiger partial charge in [-0.1, -0.05) is 15.9 Å². The van der Waals surface area contributed by atoms with Crippen molar-refractivity contribution < 1.29 is 14.6 Å². The number of aliphatic hydroxyl groups excluding tert-OH is 1. The van der Waals surface area contributed by atoms with Crippen molar-refractivity contribution in [2.75, 3.05) is 38.8 Å². The Balaban J connectivity index is 2.26. The van der Waals surface area contributed by atoms with Crippen molar-refractivity contribution in [1.82, 2.24) is 0 Å². The average molecular weight is 318 g/mol. The Morgan fingerprint density at radius 3 is 2.78 bits per heavy atom. The Labute approximate surface area is 116 Å². The van der Waals surface area contributed by atoms with E-state index < -0.39 is 6.10 Å². The van der Waals surface area contributed by atoms with Gasteiger partial charge >= 0.3 is 0 Å². The van der Waals surface area contributed by atoms with Crippen LogP contribution in [0.2, 0.25) is 0 Å². The van der Waals surface area contributed by atoms with Gasteiger partial charge in [-0.2, -0.15) is 0 Å². The topological polar surface area (TPSA) is 50.7 Å². The first-order valence-corrected chi connectivity index (χ1v) is 6.67. The third-order valence-corrected chi connectivity index (χ3v) is 2.78. The zero-order valence-corrected chi connectivity index (χ0v) is 12.4. The predicted octanol–water partition coefficient (Wildman–Crippen LogP) is 2.19. The van der Waals surface area contributed by atoms with E-state index in [9.17, 15) is 5.11 Å². The van der Waals surface area contributed by atoms with Crippen LogP contribution < -0.4 is 5.32 Å². The number of nitrogens with one attached hydrogen (secondary N) is 1. The molecule has 0 aliphatic rings. The number of anilines is 1.